The summed E-state index contributed by atoms with van der Waals surface area (Å²) in [5, 5.41) is 4.08. The fraction of sp³-hybridized carbons (Fsp3) is 0.103. The van der Waals surface area contributed by atoms with Crippen molar-refractivity contribution in [2.45, 2.75) is 13.2 Å². The number of hydrogen-bond donors (Lipinski definition) is 1. The monoisotopic (exact) mass is 466 g/mol. The Kier molecular flexibility index (Phi) is 8.11. The summed E-state index contributed by atoms with van der Waals surface area (Å²) in [4.78, 5) is 12.6. The average molecular weight is 467 g/mol. The Bertz CT molecular complexity index is 1270. The predicted octanol–water partition coefficient (Wildman–Crippen LogP) is 5.62. The van der Waals surface area contributed by atoms with Gasteiger partial charge >= 0.3 is 0 Å². The largest absolute Gasteiger partial charge is 0.493 e. The molecule has 6 heteroatoms. The SMILES string of the molecule is COc1cc(C(=O)N/N=C/c2cccc(OCc3ccccc3)c2)ccc1OCc1ccccc1. The van der Waals surface area contributed by atoms with Gasteiger partial charge in [0.25, 0.3) is 5.91 Å². The maximum Gasteiger partial charge on any atom is 0.271 e. The second kappa shape index (κ2) is 12.0. The molecule has 1 N–H and O–H groups in total. The Labute approximate surface area is 204 Å². The molecule has 0 spiro atoms. The van der Waals surface area contributed by atoms with Gasteiger partial charge in [-0.05, 0) is 47.0 Å². The van der Waals surface area contributed by atoms with E-state index in [9.17, 15) is 4.79 Å². The summed E-state index contributed by atoms with van der Waals surface area (Å²) in [5.74, 6) is 1.40. The molecule has 4 aromatic carbocycles. The molecule has 0 aliphatic rings. The quantitative estimate of drug-likeness (QED) is 0.243. The third kappa shape index (κ3) is 6.95. The first-order valence-corrected chi connectivity index (χ1v) is 11.2. The fourth-order valence-electron chi connectivity index (χ4n) is 3.32. The molecule has 0 aliphatic carbocycles. The highest BCUT2D eigenvalue weighted by atomic mass is 16.5. The Hall–Kier alpha value is -4.58. The molecule has 176 valence electrons. The van der Waals surface area contributed by atoms with Gasteiger partial charge in [-0.3, -0.25) is 4.79 Å². The summed E-state index contributed by atoms with van der Waals surface area (Å²) in [5.41, 5.74) is 5.89. The van der Waals surface area contributed by atoms with Gasteiger partial charge in [-0.1, -0.05) is 72.8 Å². The van der Waals surface area contributed by atoms with E-state index in [0.29, 0.717) is 30.3 Å². The number of hydrazone groups is 1. The van der Waals surface area contributed by atoms with Crippen molar-refractivity contribution in [2.24, 2.45) is 5.10 Å². The average Bonchev–Trinajstić information content (AvgIpc) is 2.92. The normalized spacial score (nSPS) is 10.7. The van der Waals surface area contributed by atoms with Crippen LogP contribution in [0.5, 0.6) is 17.2 Å². The van der Waals surface area contributed by atoms with Gasteiger partial charge in [-0.2, -0.15) is 5.10 Å². The molecule has 0 saturated heterocycles. The van der Waals surface area contributed by atoms with Crippen molar-refractivity contribution >= 4 is 12.1 Å². The first-order chi connectivity index (χ1) is 17.2. The van der Waals surface area contributed by atoms with Crippen LogP contribution in [0, 0.1) is 0 Å². The molecular formula is C29H26N2O4. The van der Waals surface area contributed by atoms with E-state index >= 15 is 0 Å². The lowest BCUT2D eigenvalue weighted by Gasteiger charge is -2.12. The number of benzene rings is 4. The van der Waals surface area contributed by atoms with E-state index in [1.807, 2.05) is 84.9 Å². The van der Waals surface area contributed by atoms with Crippen LogP contribution in [-0.2, 0) is 13.2 Å². The molecular weight excluding hydrogens is 440 g/mol. The zero-order valence-corrected chi connectivity index (χ0v) is 19.4. The highest BCUT2D eigenvalue weighted by Gasteiger charge is 2.11. The molecule has 0 saturated carbocycles. The second-order valence-corrected chi connectivity index (χ2v) is 7.69. The zero-order valence-electron chi connectivity index (χ0n) is 19.4. The Morgan fingerprint density at radius 1 is 0.771 bits per heavy atom. The van der Waals surface area contributed by atoms with Gasteiger partial charge in [0.15, 0.2) is 11.5 Å². The number of ether oxygens (including phenoxy) is 3. The summed E-state index contributed by atoms with van der Waals surface area (Å²) >= 11 is 0. The van der Waals surface area contributed by atoms with Crippen molar-refractivity contribution in [1.29, 1.82) is 0 Å². The molecule has 0 fully saturated rings. The van der Waals surface area contributed by atoms with Crippen molar-refractivity contribution in [3.05, 3.63) is 125 Å². The van der Waals surface area contributed by atoms with Gasteiger partial charge in [0.2, 0.25) is 0 Å². The molecule has 6 nitrogen and oxygen atoms in total. The molecule has 35 heavy (non-hydrogen) atoms. The van der Waals surface area contributed by atoms with Crippen LogP contribution in [0.25, 0.3) is 0 Å². The van der Waals surface area contributed by atoms with Gasteiger partial charge in [-0.15, -0.1) is 0 Å². The number of nitrogens with zero attached hydrogens (tertiary/aromatic N) is 1. The molecule has 0 bridgehead atoms. The second-order valence-electron chi connectivity index (χ2n) is 7.69. The van der Waals surface area contributed by atoms with E-state index < -0.39 is 0 Å². The minimum Gasteiger partial charge on any atom is -0.493 e. The Morgan fingerprint density at radius 3 is 2.14 bits per heavy atom. The molecule has 0 aliphatic heterocycles. The van der Waals surface area contributed by atoms with E-state index in [1.54, 1.807) is 24.4 Å². The maximum absolute atomic E-state index is 12.6. The number of nitrogens with one attached hydrogen (secondary N) is 1. The first-order valence-electron chi connectivity index (χ1n) is 11.2. The summed E-state index contributed by atoms with van der Waals surface area (Å²) < 4.78 is 17.1. The lowest BCUT2D eigenvalue weighted by molar-refractivity contribution is 0.0954. The molecule has 0 atom stereocenters. The number of carbonyl (C=O) groups is 1. The Morgan fingerprint density at radius 2 is 1.46 bits per heavy atom. The zero-order chi connectivity index (χ0) is 24.3. The number of methoxy groups -OCH3 is 1. The van der Waals surface area contributed by atoms with Crippen molar-refractivity contribution in [3.63, 3.8) is 0 Å². The molecule has 4 rings (SSSR count). The molecule has 1 amide bonds. The van der Waals surface area contributed by atoms with Gasteiger partial charge in [0.1, 0.15) is 19.0 Å². The highest BCUT2D eigenvalue weighted by molar-refractivity contribution is 5.95. The predicted molar refractivity (Wildman–Crippen MR) is 136 cm³/mol. The van der Waals surface area contributed by atoms with Crippen molar-refractivity contribution in [3.8, 4) is 17.2 Å². The minimum absolute atomic E-state index is 0.356. The van der Waals surface area contributed by atoms with Gasteiger partial charge in [-0.25, -0.2) is 5.43 Å². The molecule has 0 radical (unpaired) electrons. The number of carbonyl (C=O) groups excluding carboxylic acids is 1. The number of amides is 1. The summed E-state index contributed by atoms with van der Waals surface area (Å²) in [6.45, 7) is 0.881. The summed E-state index contributed by atoms with van der Waals surface area (Å²) in [6.07, 6.45) is 1.57. The minimum atomic E-state index is -0.356. The highest BCUT2D eigenvalue weighted by Crippen LogP contribution is 2.29. The number of hydrogen-bond acceptors (Lipinski definition) is 5. The van der Waals surface area contributed by atoms with Crippen LogP contribution < -0.4 is 19.6 Å². The smallest absolute Gasteiger partial charge is 0.271 e. The van der Waals surface area contributed by atoms with Gasteiger partial charge in [0.05, 0.1) is 13.3 Å². The molecule has 0 unspecified atom stereocenters. The van der Waals surface area contributed by atoms with Crippen molar-refractivity contribution in [2.75, 3.05) is 7.11 Å². The molecule has 4 aromatic rings. The third-order valence-corrected chi connectivity index (χ3v) is 5.15. The first kappa shape index (κ1) is 23.6. The third-order valence-electron chi connectivity index (χ3n) is 5.15. The van der Waals surface area contributed by atoms with Crippen LogP contribution in [0.4, 0.5) is 0 Å². The van der Waals surface area contributed by atoms with Gasteiger partial charge in [0, 0.05) is 5.56 Å². The van der Waals surface area contributed by atoms with Crippen LogP contribution in [0.15, 0.2) is 108 Å². The van der Waals surface area contributed by atoms with Gasteiger partial charge < -0.3 is 14.2 Å². The topological polar surface area (TPSA) is 69.2 Å². The van der Waals surface area contributed by atoms with Crippen LogP contribution >= 0.6 is 0 Å². The summed E-state index contributed by atoms with van der Waals surface area (Å²) in [6, 6.07) is 32.3. The number of rotatable bonds is 10. The van der Waals surface area contributed by atoms with Crippen LogP contribution in [0.2, 0.25) is 0 Å². The van der Waals surface area contributed by atoms with Crippen molar-refractivity contribution < 1.29 is 19.0 Å². The van der Waals surface area contributed by atoms with E-state index in [2.05, 4.69) is 10.5 Å². The Balaban J connectivity index is 1.33. The molecule has 0 heterocycles. The van der Waals surface area contributed by atoms with Crippen LogP contribution in [0.3, 0.4) is 0 Å². The van der Waals surface area contributed by atoms with E-state index in [0.717, 1.165) is 22.4 Å². The lowest BCUT2D eigenvalue weighted by atomic mass is 10.2. The fourth-order valence-corrected chi connectivity index (χ4v) is 3.32. The van der Waals surface area contributed by atoms with Crippen LogP contribution in [-0.4, -0.2) is 19.2 Å². The van der Waals surface area contributed by atoms with E-state index in [4.69, 9.17) is 14.2 Å². The lowest BCUT2D eigenvalue weighted by Crippen LogP contribution is -2.17. The standard InChI is InChI=1S/C29H26N2O4/c1-33-28-18-25(15-16-27(28)35-21-23-11-6-3-7-12-23)29(32)31-30-19-24-13-8-14-26(17-24)34-20-22-9-4-2-5-10-22/h2-19H,20-21H2,1H3,(H,31,32)/b30-19+. The van der Waals surface area contributed by atoms with E-state index in [1.165, 1.54) is 7.11 Å². The molecule has 0 aromatic heterocycles. The van der Waals surface area contributed by atoms with E-state index in [-0.39, 0.29) is 5.91 Å². The van der Waals surface area contributed by atoms with Crippen molar-refractivity contribution in [1.82, 2.24) is 5.43 Å². The van der Waals surface area contributed by atoms with Crippen LogP contribution in [0.1, 0.15) is 27.0 Å². The maximum atomic E-state index is 12.6. The summed E-state index contributed by atoms with van der Waals surface area (Å²) in [7, 11) is 1.54.